The molecule has 1 unspecified atom stereocenters. The number of likely N-dealkylation sites (tertiary alicyclic amines) is 1. The van der Waals surface area contributed by atoms with E-state index in [4.69, 9.17) is 10.5 Å². The van der Waals surface area contributed by atoms with Gasteiger partial charge < -0.3 is 15.4 Å². The number of hydrogen-bond acceptors (Lipinski definition) is 3. The second-order valence-corrected chi connectivity index (χ2v) is 4.84. The highest BCUT2D eigenvalue weighted by atomic mass is 16.5. The smallest absolute Gasteiger partial charge is 0.0546 e. The summed E-state index contributed by atoms with van der Waals surface area (Å²) in [7, 11) is 0. The van der Waals surface area contributed by atoms with Crippen molar-refractivity contribution in [1.82, 2.24) is 4.90 Å². The lowest BCUT2D eigenvalue weighted by Crippen LogP contribution is -2.47. The first-order valence-corrected chi connectivity index (χ1v) is 5.85. The summed E-state index contributed by atoms with van der Waals surface area (Å²) in [5.74, 6) is 0. The summed E-state index contributed by atoms with van der Waals surface area (Å²) >= 11 is 0. The Morgan fingerprint density at radius 1 is 1.21 bits per heavy atom. The molecule has 2 fully saturated rings. The molecule has 3 nitrogen and oxygen atoms in total. The number of nitrogens with two attached hydrogens (primary N) is 1. The van der Waals surface area contributed by atoms with Crippen LogP contribution in [0.1, 0.15) is 25.7 Å². The van der Waals surface area contributed by atoms with Crippen LogP contribution in [0.25, 0.3) is 0 Å². The van der Waals surface area contributed by atoms with Crippen LogP contribution in [0, 0.1) is 5.41 Å². The van der Waals surface area contributed by atoms with Gasteiger partial charge in [0.1, 0.15) is 0 Å². The van der Waals surface area contributed by atoms with Crippen LogP contribution in [0.4, 0.5) is 0 Å². The Bertz CT molecular complexity index is 172. The van der Waals surface area contributed by atoms with E-state index in [1.165, 1.54) is 38.8 Å². The molecule has 0 aromatic carbocycles. The molecule has 82 valence electrons. The Labute approximate surface area is 86.6 Å². The van der Waals surface area contributed by atoms with Crippen molar-refractivity contribution in [1.29, 1.82) is 0 Å². The third-order valence-electron chi connectivity index (χ3n) is 3.59. The van der Waals surface area contributed by atoms with E-state index in [2.05, 4.69) is 4.90 Å². The molecule has 2 aliphatic heterocycles. The molecule has 0 saturated carbocycles. The largest absolute Gasteiger partial charge is 0.381 e. The van der Waals surface area contributed by atoms with Crippen LogP contribution >= 0.6 is 0 Å². The first-order chi connectivity index (χ1) is 6.85. The van der Waals surface area contributed by atoms with Gasteiger partial charge in [-0.3, -0.25) is 0 Å². The Morgan fingerprint density at radius 3 is 2.57 bits per heavy atom. The molecular formula is C11H22N2O. The number of hydrogen-bond donors (Lipinski definition) is 1. The van der Waals surface area contributed by atoms with Gasteiger partial charge >= 0.3 is 0 Å². The molecule has 14 heavy (non-hydrogen) atoms. The zero-order valence-corrected chi connectivity index (χ0v) is 9.00. The number of rotatable bonds is 3. The van der Waals surface area contributed by atoms with Crippen LogP contribution in [-0.2, 0) is 4.74 Å². The Kier molecular flexibility index (Phi) is 3.42. The van der Waals surface area contributed by atoms with Crippen molar-refractivity contribution in [2.45, 2.75) is 25.7 Å². The molecular weight excluding hydrogens is 176 g/mol. The van der Waals surface area contributed by atoms with Gasteiger partial charge in [0.2, 0.25) is 0 Å². The molecule has 0 aliphatic carbocycles. The van der Waals surface area contributed by atoms with E-state index in [-0.39, 0.29) is 5.41 Å². The highest BCUT2D eigenvalue weighted by Crippen LogP contribution is 2.29. The third kappa shape index (κ3) is 2.27. The van der Waals surface area contributed by atoms with Crippen LogP contribution in [-0.4, -0.2) is 44.3 Å². The second kappa shape index (κ2) is 4.60. The summed E-state index contributed by atoms with van der Waals surface area (Å²) in [6, 6.07) is 0. The van der Waals surface area contributed by atoms with E-state index in [1.807, 2.05) is 0 Å². The minimum absolute atomic E-state index is 0.266. The Hall–Kier alpha value is -0.120. The van der Waals surface area contributed by atoms with E-state index in [0.29, 0.717) is 0 Å². The van der Waals surface area contributed by atoms with E-state index >= 15 is 0 Å². The summed E-state index contributed by atoms with van der Waals surface area (Å²) < 4.78 is 5.58. The SMILES string of the molecule is NCC1(CN2CCCC2)CCCOC1. The molecule has 0 aromatic rings. The van der Waals surface area contributed by atoms with Gasteiger partial charge in [-0.1, -0.05) is 0 Å². The van der Waals surface area contributed by atoms with Crippen molar-refractivity contribution in [3.05, 3.63) is 0 Å². The lowest BCUT2D eigenvalue weighted by atomic mass is 9.82. The maximum atomic E-state index is 5.91. The maximum absolute atomic E-state index is 5.91. The number of nitrogens with zero attached hydrogens (tertiary/aromatic N) is 1. The minimum Gasteiger partial charge on any atom is -0.381 e. The molecule has 0 spiro atoms. The highest BCUT2D eigenvalue weighted by Gasteiger charge is 2.34. The van der Waals surface area contributed by atoms with Gasteiger partial charge in [-0.05, 0) is 38.8 Å². The molecule has 3 heteroatoms. The summed E-state index contributed by atoms with van der Waals surface area (Å²) in [5, 5.41) is 0. The molecule has 1 atom stereocenters. The van der Waals surface area contributed by atoms with Crippen molar-refractivity contribution < 1.29 is 4.74 Å². The second-order valence-electron chi connectivity index (χ2n) is 4.84. The van der Waals surface area contributed by atoms with Crippen LogP contribution in [0.3, 0.4) is 0 Å². The van der Waals surface area contributed by atoms with Crippen molar-refractivity contribution in [2.24, 2.45) is 11.1 Å². The standard InChI is InChI=1S/C11H22N2O/c12-8-11(4-3-7-14-10-11)9-13-5-1-2-6-13/h1-10,12H2. The van der Waals surface area contributed by atoms with E-state index < -0.39 is 0 Å². The number of ether oxygens (including phenoxy) is 1. The molecule has 2 heterocycles. The molecule has 0 aromatic heterocycles. The van der Waals surface area contributed by atoms with Crippen LogP contribution < -0.4 is 5.73 Å². The average molecular weight is 198 g/mol. The van der Waals surface area contributed by atoms with Gasteiger partial charge in [-0.25, -0.2) is 0 Å². The zero-order chi connectivity index (χ0) is 9.86. The summed E-state index contributed by atoms with van der Waals surface area (Å²) in [6.45, 7) is 6.28. The lowest BCUT2D eigenvalue weighted by molar-refractivity contribution is -0.0185. The molecule has 0 amide bonds. The Balaban J connectivity index is 1.89. The fraction of sp³-hybridized carbons (Fsp3) is 1.00. The zero-order valence-electron chi connectivity index (χ0n) is 9.00. The predicted molar refractivity (Wildman–Crippen MR) is 57.2 cm³/mol. The first kappa shape index (κ1) is 10.4. The summed E-state index contributed by atoms with van der Waals surface area (Å²) in [4.78, 5) is 2.56. The van der Waals surface area contributed by atoms with Gasteiger partial charge in [0, 0.05) is 25.1 Å². The molecule has 2 N–H and O–H groups in total. The highest BCUT2D eigenvalue weighted by molar-refractivity contribution is 4.87. The molecule has 0 radical (unpaired) electrons. The Morgan fingerprint density at radius 2 is 2.00 bits per heavy atom. The van der Waals surface area contributed by atoms with Crippen molar-refractivity contribution in [2.75, 3.05) is 39.4 Å². The first-order valence-electron chi connectivity index (χ1n) is 5.85. The van der Waals surface area contributed by atoms with Gasteiger partial charge in [-0.15, -0.1) is 0 Å². The lowest BCUT2D eigenvalue weighted by Gasteiger charge is -2.38. The van der Waals surface area contributed by atoms with Crippen molar-refractivity contribution >= 4 is 0 Å². The average Bonchev–Trinajstić information content (AvgIpc) is 2.72. The molecule has 2 aliphatic rings. The van der Waals surface area contributed by atoms with Crippen LogP contribution in [0.15, 0.2) is 0 Å². The normalized spacial score (nSPS) is 34.9. The predicted octanol–water partition coefficient (Wildman–Crippen LogP) is 0.838. The van der Waals surface area contributed by atoms with E-state index in [0.717, 1.165) is 26.3 Å². The topological polar surface area (TPSA) is 38.5 Å². The molecule has 2 saturated heterocycles. The van der Waals surface area contributed by atoms with Gasteiger partial charge in [0.15, 0.2) is 0 Å². The summed E-state index contributed by atoms with van der Waals surface area (Å²) in [6.07, 6.45) is 5.16. The van der Waals surface area contributed by atoms with Crippen molar-refractivity contribution in [3.63, 3.8) is 0 Å². The van der Waals surface area contributed by atoms with E-state index in [1.54, 1.807) is 0 Å². The molecule has 2 rings (SSSR count). The quantitative estimate of drug-likeness (QED) is 0.730. The van der Waals surface area contributed by atoms with Gasteiger partial charge in [0.25, 0.3) is 0 Å². The van der Waals surface area contributed by atoms with Crippen LogP contribution in [0.5, 0.6) is 0 Å². The van der Waals surface area contributed by atoms with Crippen LogP contribution in [0.2, 0.25) is 0 Å². The minimum atomic E-state index is 0.266. The monoisotopic (exact) mass is 198 g/mol. The van der Waals surface area contributed by atoms with E-state index in [9.17, 15) is 0 Å². The third-order valence-corrected chi connectivity index (χ3v) is 3.59. The molecule has 0 bridgehead atoms. The summed E-state index contributed by atoms with van der Waals surface area (Å²) in [5.41, 5.74) is 6.18. The maximum Gasteiger partial charge on any atom is 0.0546 e. The fourth-order valence-electron chi connectivity index (χ4n) is 2.68. The fourth-order valence-corrected chi connectivity index (χ4v) is 2.68. The van der Waals surface area contributed by atoms with Crippen molar-refractivity contribution in [3.8, 4) is 0 Å². The van der Waals surface area contributed by atoms with Gasteiger partial charge in [-0.2, -0.15) is 0 Å². The van der Waals surface area contributed by atoms with Gasteiger partial charge in [0.05, 0.1) is 6.61 Å².